The number of nitrogens with zero attached hydrogens (tertiary/aromatic N) is 1. The van der Waals surface area contributed by atoms with Crippen molar-refractivity contribution in [1.82, 2.24) is 4.98 Å². The van der Waals surface area contributed by atoms with E-state index in [2.05, 4.69) is 9.72 Å². The van der Waals surface area contributed by atoms with Crippen molar-refractivity contribution in [2.24, 2.45) is 0 Å². The first-order chi connectivity index (χ1) is 15.3. The number of aryl methyl sites for hydroxylation is 1. The molecule has 166 valence electrons. The van der Waals surface area contributed by atoms with Crippen LogP contribution in [0.5, 0.6) is 23.1 Å². The molecule has 0 aliphatic heterocycles. The van der Waals surface area contributed by atoms with Crippen molar-refractivity contribution in [3.05, 3.63) is 82.5 Å². The zero-order chi connectivity index (χ0) is 23.1. The van der Waals surface area contributed by atoms with E-state index in [0.717, 1.165) is 11.6 Å². The van der Waals surface area contributed by atoms with Crippen LogP contribution in [0.1, 0.15) is 16.7 Å². The van der Waals surface area contributed by atoms with Gasteiger partial charge in [0, 0.05) is 12.1 Å². The highest BCUT2D eigenvalue weighted by Crippen LogP contribution is 2.34. The van der Waals surface area contributed by atoms with Crippen LogP contribution in [0, 0.1) is 6.92 Å². The van der Waals surface area contributed by atoms with E-state index in [-0.39, 0.29) is 12.4 Å². The quantitative estimate of drug-likeness (QED) is 0.387. The monoisotopic (exact) mass is 461 g/mol. The van der Waals surface area contributed by atoms with Crippen LogP contribution >= 0.6 is 11.6 Å². The minimum atomic E-state index is -2.87. The van der Waals surface area contributed by atoms with Gasteiger partial charge in [0.05, 0.1) is 11.2 Å². The molecule has 0 amide bonds. The molecular weight excluding hydrogens is 444 g/mol. The predicted octanol–water partition coefficient (Wildman–Crippen LogP) is 6.11. The van der Waals surface area contributed by atoms with Crippen LogP contribution < -0.4 is 14.2 Å². The van der Waals surface area contributed by atoms with Gasteiger partial charge < -0.3 is 19.3 Å². The minimum Gasteiger partial charge on any atom is -0.487 e. The molecule has 0 bridgehead atoms. The van der Waals surface area contributed by atoms with Gasteiger partial charge in [0.25, 0.3) is 0 Å². The van der Waals surface area contributed by atoms with E-state index in [1.54, 1.807) is 43.3 Å². The molecule has 6 nitrogen and oxygen atoms in total. The fourth-order valence-corrected chi connectivity index (χ4v) is 3.01. The summed E-state index contributed by atoms with van der Waals surface area (Å²) in [5, 5.41) is 9.05. The molecule has 0 atom stereocenters. The molecule has 0 radical (unpaired) electrons. The zero-order valence-corrected chi connectivity index (χ0v) is 17.6. The summed E-state index contributed by atoms with van der Waals surface area (Å²) in [7, 11) is 0. The van der Waals surface area contributed by atoms with Gasteiger partial charge in [-0.1, -0.05) is 23.7 Å². The second-order valence-corrected chi connectivity index (χ2v) is 6.97. The molecule has 9 heteroatoms. The van der Waals surface area contributed by atoms with Gasteiger partial charge in [-0.25, -0.2) is 9.78 Å². The maximum Gasteiger partial charge on any atom is 0.387 e. The number of carboxylic acids is 1. The number of aromatic nitrogens is 1. The van der Waals surface area contributed by atoms with Gasteiger partial charge in [-0.15, -0.1) is 0 Å². The third kappa shape index (κ3) is 6.68. The molecule has 0 saturated heterocycles. The van der Waals surface area contributed by atoms with E-state index in [9.17, 15) is 13.6 Å². The molecule has 0 aliphatic rings. The number of halogens is 3. The van der Waals surface area contributed by atoms with Gasteiger partial charge in [-0.2, -0.15) is 8.78 Å². The third-order valence-electron chi connectivity index (χ3n) is 4.14. The van der Waals surface area contributed by atoms with Crippen molar-refractivity contribution in [3.8, 4) is 23.1 Å². The Balaban J connectivity index is 1.60. The number of pyridine rings is 1. The Hall–Kier alpha value is -3.65. The lowest BCUT2D eigenvalue weighted by Crippen LogP contribution is -2.02. The van der Waals surface area contributed by atoms with E-state index in [0.29, 0.717) is 33.5 Å². The third-order valence-corrected chi connectivity index (χ3v) is 4.42. The lowest BCUT2D eigenvalue weighted by atomic mass is 10.1. The molecule has 0 unspecified atom stereocenters. The molecule has 2 aromatic carbocycles. The van der Waals surface area contributed by atoms with Gasteiger partial charge in [-0.05, 0) is 60.0 Å². The van der Waals surface area contributed by atoms with Crippen molar-refractivity contribution < 1.29 is 32.9 Å². The van der Waals surface area contributed by atoms with Crippen LogP contribution in [0.4, 0.5) is 8.78 Å². The Kier molecular flexibility index (Phi) is 7.62. The van der Waals surface area contributed by atoms with Crippen LogP contribution in [0.3, 0.4) is 0 Å². The minimum absolute atomic E-state index is 0.0758. The second kappa shape index (κ2) is 10.6. The summed E-state index contributed by atoms with van der Waals surface area (Å²) in [6.07, 6.45) is 3.95. The van der Waals surface area contributed by atoms with E-state index in [1.807, 2.05) is 0 Å². The number of carboxylic acid groups (broad SMARTS) is 1. The Morgan fingerprint density at radius 3 is 2.47 bits per heavy atom. The number of hydrogen-bond donors (Lipinski definition) is 1. The summed E-state index contributed by atoms with van der Waals surface area (Å²) < 4.78 is 40.1. The standard InChI is InChI=1S/C23H18ClF2NO5/c1-14-10-16(4-9-21(28)29)11-19(24)22(14)32-20-8-7-18(12-27-20)30-13-15-2-5-17(6-3-15)31-23(25)26/h2-12,23H,13H2,1H3,(H,28,29). The van der Waals surface area contributed by atoms with Crippen molar-refractivity contribution in [2.45, 2.75) is 20.1 Å². The first kappa shape index (κ1) is 23.0. The van der Waals surface area contributed by atoms with Crippen molar-refractivity contribution in [3.63, 3.8) is 0 Å². The molecule has 0 saturated carbocycles. The molecule has 1 heterocycles. The Morgan fingerprint density at radius 1 is 1.16 bits per heavy atom. The lowest BCUT2D eigenvalue weighted by molar-refractivity contribution is -0.131. The van der Waals surface area contributed by atoms with Gasteiger partial charge >= 0.3 is 12.6 Å². The molecule has 0 spiro atoms. The largest absolute Gasteiger partial charge is 0.487 e. The van der Waals surface area contributed by atoms with Crippen molar-refractivity contribution >= 4 is 23.6 Å². The average molecular weight is 462 g/mol. The Morgan fingerprint density at radius 2 is 1.88 bits per heavy atom. The Bertz CT molecular complexity index is 1080. The normalized spacial score (nSPS) is 11.0. The maximum absolute atomic E-state index is 12.2. The van der Waals surface area contributed by atoms with Crippen LogP contribution in [0.2, 0.25) is 5.02 Å². The highest BCUT2D eigenvalue weighted by Gasteiger charge is 2.10. The van der Waals surface area contributed by atoms with Gasteiger partial charge in [0.15, 0.2) is 5.75 Å². The van der Waals surface area contributed by atoms with Crippen molar-refractivity contribution in [1.29, 1.82) is 0 Å². The fraction of sp³-hybridized carbons (Fsp3) is 0.130. The SMILES string of the molecule is Cc1cc(C=CC(=O)O)cc(Cl)c1Oc1ccc(OCc2ccc(OC(F)F)cc2)cn1. The fourth-order valence-electron chi connectivity index (χ4n) is 2.70. The number of hydrogen-bond acceptors (Lipinski definition) is 5. The highest BCUT2D eigenvalue weighted by molar-refractivity contribution is 6.32. The topological polar surface area (TPSA) is 77.9 Å². The smallest absolute Gasteiger partial charge is 0.387 e. The number of ether oxygens (including phenoxy) is 3. The van der Waals surface area contributed by atoms with E-state index >= 15 is 0 Å². The van der Waals surface area contributed by atoms with Crippen LogP contribution in [-0.4, -0.2) is 22.7 Å². The maximum atomic E-state index is 12.2. The summed E-state index contributed by atoms with van der Waals surface area (Å²) in [5.74, 6) is 0.216. The predicted molar refractivity (Wildman–Crippen MR) is 115 cm³/mol. The summed E-state index contributed by atoms with van der Waals surface area (Å²) >= 11 is 6.28. The number of aliphatic carboxylic acids is 1. The molecule has 1 aromatic heterocycles. The highest BCUT2D eigenvalue weighted by atomic mass is 35.5. The van der Waals surface area contributed by atoms with E-state index in [1.165, 1.54) is 24.4 Å². The summed E-state index contributed by atoms with van der Waals surface area (Å²) in [4.78, 5) is 14.9. The molecule has 1 N–H and O–H groups in total. The van der Waals surface area contributed by atoms with Crippen LogP contribution in [0.25, 0.3) is 6.08 Å². The van der Waals surface area contributed by atoms with Gasteiger partial charge in [0.2, 0.25) is 5.88 Å². The molecule has 0 aliphatic carbocycles. The summed E-state index contributed by atoms with van der Waals surface area (Å²) in [6, 6.07) is 12.8. The second-order valence-electron chi connectivity index (χ2n) is 6.57. The summed E-state index contributed by atoms with van der Waals surface area (Å²) in [5.41, 5.74) is 2.11. The number of benzene rings is 2. The number of carbonyl (C=O) groups is 1. The van der Waals surface area contributed by atoms with Gasteiger partial charge in [-0.3, -0.25) is 0 Å². The average Bonchev–Trinajstić information content (AvgIpc) is 2.75. The van der Waals surface area contributed by atoms with E-state index < -0.39 is 12.6 Å². The number of alkyl halides is 2. The van der Waals surface area contributed by atoms with Crippen molar-refractivity contribution in [2.75, 3.05) is 0 Å². The first-order valence-electron chi connectivity index (χ1n) is 9.32. The molecule has 32 heavy (non-hydrogen) atoms. The molecule has 3 rings (SSSR count). The molecule has 0 fully saturated rings. The van der Waals surface area contributed by atoms with E-state index in [4.69, 9.17) is 26.2 Å². The van der Waals surface area contributed by atoms with Crippen LogP contribution in [-0.2, 0) is 11.4 Å². The van der Waals surface area contributed by atoms with Crippen LogP contribution in [0.15, 0.2) is 60.8 Å². The summed E-state index contributed by atoms with van der Waals surface area (Å²) in [6.45, 7) is -0.865. The zero-order valence-electron chi connectivity index (χ0n) is 16.8. The lowest BCUT2D eigenvalue weighted by Gasteiger charge is -2.12. The molecular formula is C23H18ClF2NO5. The number of rotatable bonds is 9. The molecule has 3 aromatic rings. The van der Waals surface area contributed by atoms with Gasteiger partial charge in [0.1, 0.15) is 18.1 Å². The Labute approximate surface area is 187 Å². The first-order valence-corrected chi connectivity index (χ1v) is 9.69.